The first kappa shape index (κ1) is 20.8. The zero-order valence-corrected chi connectivity index (χ0v) is 18.0. The fourth-order valence-electron chi connectivity index (χ4n) is 3.74. The summed E-state index contributed by atoms with van der Waals surface area (Å²) in [6, 6.07) is 15.9. The first-order valence-electron chi connectivity index (χ1n) is 10.4. The molecular weight excluding hydrogens is 400 g/mol. The lowest BCUT2D eigenvalue weighted by Gasteiger charge is -2.21. The zero-order valence-electron chi connectivity index (χ0n) is 17.3. The molecule has 158 valence electrons. The Kier molecular flexibility index (Phi) is 7.00. The van der Waals surface area contributed by atoms with E-state index in [0.717, 1.165) is 55.5 Å². The van der Waals surface area contributed by atoms with Gasteiger partial charge in [0.2, 0.25) is 11.7 Å². The first-order valence-corrected chi connectivity index (χ1v) is 10.8. The fourth-order valence-corrected chi connectivity index (χ4v) is 3.87. The van der Waals surface area contributed by atoms with Crippen LogP contribution in [0.5, 0.6) is 5.75 Å². The maximum atomic E-state index is 5.99. The number of rotatable bonds is 7. The van der Waals surface area contributed by atoms with Crippen molar-refractivity contribution in [3.05, 3.63) is 65.0 Å². The van der Waals surface area contributed by atoms with Gasteiger partial charge in [-0.2, -0.15) is 4.98 Å². The number of benzene rings is 2. The second kappa shape index (κ2) is 10.1. The second-order valence-corrected chi connectivity index (χ2v) is 7.91. The van der Waals surface area contributed by atoms with E-state index in [2.05, 4.69) is 32.1 Å². The van der Waals surface area contributed by atoms with Gasteiger partial charge in [0.1, 0.15) is 5.75 Å². The van der Waals surface area contributed by atoms with Gasteiger partial charge >= 0.3 is 0 Å². The third-order valence-electron chi connectivity index (χ3n) is 5.26. The van der Waals surface area contributed by atoms with E-state index in [1.54, 1.807) is 0 Å². The molecule has 1 saturated heterocycles. The van der Waals surface area contributed by atoms with Crippen molar-refractivity contribution in [2.24, 2.45) is 0 Å². The van der Waals surface area contributed by atoms with Crippen LogP contribution in [0.4, 0.5) is 0 Å². The van der Waals surface area contributed by atoms with E-state index < -0.39 is 0 Å². The van der Waals surface area contributed by atoms with E-state index >= 15 is 0 Å². The smallest absolute Gasteiger partial charge is 0.241 e. The SMILES string of the molecule is CCOc1ccccc1-c1noc(CN2CCCN(Cc3ccc(Cl)cc3)CC2)n1. The third kappa shape index (κ3) is 5.39. The molecule has 1 aliphatic heterocycles. The van der Waals surface area contributed by atoms with E-state index in [-0.39, 0.29) is 0 Å². The topological polar surface area (TPSA) is 54.6 Å². The van der Waals surface area contributed by atoms with Crippen LogP contribution < -0.4 is 4.74 Å². The van der Waals surface area contributed by atoms with Gasteiger partial charge in [0.05, 0.1) is 18.7 Å². The van der Waals surface area contributed by atoms with E-state index in [0.29, 0.717) is 24.9 Å². The lowest BCUT2D eigenvalue weighted by molar-refractivity contribution is 0.222. The lowest BCUT2D eigenvalue weighted by Crippen LogP contribution is -2.30. The second-order valence-electron chi connectivity index (χ2n) is 7.47. The molecule has 6 nitrogen and oxygen atoms in total. The highest BCUT2D eigenvalue weighted by atomic mass is 35.5. The van der Waals surface area contributed by atoms with E-state index in [1.165, 1.54) is 5.56 Å². The molecule has 0 N–H and O–H groups in total. The van der Waals surface area contributed by atoms with E-state index in [9.17, 15) is 0 Å². The average molecular weight is 427 g/mol. The Hall–Kier alpha value is -2.41. The van der Waals surface area contributed by atoms with Crippen LogP contribution in [0, 0.1) is 0 Å². The van der Waals surface area contributed by atoms with Crippen molar-refractivity contribution in [3.63, 3.8) is 0 Å². The molecule has 1 aromatic heterocycles. The third-order valence-corrected chi connectivity index (χ3v) is 5.51. The minimum atomic E-state index is 0.577. The lowest BCUT2D eigenvalue weighted by atomic mass is 10.2. The Labute approximate surface area is 182 Å². The van der Waals surface area contributed by atoms with Gasteiger partial charge in [-0.15, -0.1) is 0 Å². The maximum Gasteiger partial charge on any atom is 0.241 e. The molecule has 3 aromatic rings. The molecule has 0 amide bonds. The number of nitrogens with zero attached hydrogens (tertiary/aromatic N) is 4. The molecule has 4 rings (SSSR count). The molecule has 2 aromatic carbocycles. The molecule has 0 spiro atoms. The Bertz CT molecular complexity index is 944. The number of para-hydroxylation sites is 1. The Morgan fingerprint density at radius 1 is 0.967 bits per heavy atom. The molecule has 0 aliphatic carbocycles. The largest absolute Gasteiger partial charge is 0.493 e. The summed E-state index contributed by atoms with van der Waals surface area (Å²) in [7, 11) is 0. The van der Waals surface area contributed by atoms with Crippen LogP contribution in [0.3, 0.4) is 0 Å². The van der Waals surface area contributed by atoms with Gasteiger partial charge in [-0.25, -0.2) is 0 Å². The summed E-state index contributed by atoms with van der Waals surface area (Å²) in [5, 5.41) is 4.96. The van der Waals surface area contributed by atoms with Crippen LogP contribution in [-0.2, 0) is 13.1 Å². The molecule has 0 atom stereocenters. The highest BCUT2D eigenvalue weighted by Crippen LogP contribution is 2.27. The predicted octanol–water partition coefficient (Wildman–Crippen LogP) is 4.50. The molecule has 0 saturated carbocycles. The standard InChI is InChI=1S/C23H27ClN4O2/c1-2-29-21-7-4-3-6-20(21)23-25-22(30-26-23)17-28-13-5-12-27(14-15-28)16-18-8-10-19(24)11-9-18/h3-4,6-11H,2,5,12-17H2,1H3. The van der Waals surface area contributed by atoms with E-state index in [1.807, 2.05) is 43.3 Å². The molecule has 30 heavy (non-hydrogen) atoms. The number of hydrogen-bond acceptors (Lipinski definition) is 6. The number of hydrogen-bond donors (Lipinski definition) is 0. The first-order chi connectivity index (χ1) is 14.7. The fraction of sp³-hybridized carbons (Fsp3) is 0.391. The van der Waals surface area contributed by atoms with Crippen LogP contribution in [-0.4, -0.2) is 52.7 Å². The van der Waals surface area contributed by atoms with Crippen molar-refractivity contribution < 1.29 is 9.26 Å². The van der Waals surface area contributed by atoms with Crippen molar-refractivity contribution in [3.8, 4) is 17.1 Å². The maximum absolute atomic E-state index is 5.99. The van der Waals surface area contributed by atoms with Gasteiger partial charge in [0.15, 0.2) is 0 Å². The highest BCUT2D eigenvalue weighted by molar-refractivity contribution is 6.30. The summed E-state index contributed by atoms with van der Waals surface area (Å²) in [5.41, 5.74) is 2.15. The summed E-state index contributed by atoms with van der Waals surface area (Å²) in [5.74, 6) is 2.00. The molecule has 7 heteroatoms. The predicted molar refractivity (Wildman–Crippen MR) is 118 cm³/mol. The van der Waals surface area contributed by atoms with Crippen molar-refractivity contribution >= 4 is 11.6 Å². The number of ether oxygens (including phenoxy) is 1. The minimum Gasteiger partial charge on any atom is -0.493 e. The molecular formula is C23H27ClN4O2. The summed E-state index contributed by atoms with van der Waals surface area (Å²) < 4.78 is 11.2. The van der Waals surface area contributed by atoms with Gasteiger partial charge in [-0.1, -0.05) is 41.0 Å². The van der Waals surface area contributed by atoms with Crippen LogP contribution in [0.1, 0.15) is 24.8 Å². The molecule has 1 aliphatic rings. The molecule has 0 radical (unpaired) electrons. The molecule has 0 unspecified atom stereocenters. The minimum absolute atomic E-state index is 0.577. The Morgan fingerprint density at radius 2 is 1.70 bits per heavy atom. The van der Waals surface area contributed by atoms with Gasteiger partial charge in [0, 0.05) is 24.7 Å². The quantitative estimate of drug-likeness (QED) is 0.554. The normalized spacial score (nSPS) is 15.8. The van der Waals surface area contributed by atoms with Crippen LogP contribution >= 0.6 is 11.6 Å². The molecule has 0 bridgehead atoms. The van der Waals surface area contributed by atoms with Crippen LogP contribution in [0.15, 0.2) is 53.1 Å². The zero-order chi connectivity index (χ0) is 20.8. The summed E-state index contributed by atoms with van der Waals surface area (Å²) in [6.07, 6.45) is 1.11. The van der Waals surface area contributed by atoms with Crippen molar-refractivity contribution in [1.29, 1.82) is 0 Å². The number of aromatic nitrogens is 2. The molecule has 2 heterocycles. The van der Waals surface area contributed by atoms with Crippen molar-refractivity contribution in [2.75, 3.05) is 32.8 Å². The summed E-state index contributed by atoms with van der Waals surface area (Å²) in [4.78, 5) is 9.49. The van der Waals surface area contributed by atoms with Crippen LogP contribution in [0.25, 0.3) is 11.4 Å². The molecule has 1 fully saturated rings. The van der Waals surface area contributed by atoms with Crippen molar-refractivity contribution in [2.45, 2.75) is 26.4 Å². The summed E-state index contributed by atoms with van der Waals surface area (Å²) >= 11 is 5.99. The van der Waals surface area contributed by atoms with E-state index in [4.69, 9.17) is 20.9 Å². The Balaban J connectivity index is 1.35. The van der Waals surface area contributed by atoms with Gasteiger partial charge in [-0.3, -0.25) is 9.80 Å². The monoisotopic (exact) mass is 426 g/mol. The van der Waals surface area contributed by atoms with Gasteiger partial charge in [0.25, 0.3) is 0 Å². The average Bonchev–Trinajstić information content (AvgIpc) is 3.11. The van der Waals surface area contributed by atoms with Gasteiger partial charge < -0.3 is 9.26 Å². The van der Waals surface area contributed by atoms with Crippen LogP contribution in [0.2, 0.25) is 5.02 Å². The van der Waals surface area contributed by atoms with Gasteiger partial charge in [-0.05, 0) is 56.3 Å². The highest BCUT2D eigenvalue weighted by Gasteiger charge is 2.19. The Morgan fingerprint density at radius 3 is 2.47 bits per heavy atom. The summed E-state index contributed by atoms with van der Waals surface area (Å²) in [6.45, 7) is 8.26. The van der Waals surface area contributed by atoms with Crippen molar-refractivity contribution in [1.82, 2.24) is 19.9 Å². The number of halogens is 1.